The zero-order valence-electron chi connectivity index (χ0n) is 14.5. The van der Waals surface area contributed by atoms with Gasteiger partial charge in [0, 0.05) is 12.3 Å². The number of carbonyl (C=O) groups is 2. The third kappa shape index (κ3) is 4.21. The van der Waals surface area contributed by atoms with Crippen LogP contribution in [0.2, 0.25) is 0 Å². The number of benzene rings is 1. The molecule has 0 N–H and O–H groups in total. The maximum absolute atomic E-state index is 12.0. The van der Waals surface area contributed by atoms with E-state index in [1.165, 1.54) is 38.4 Å². The fraction of sp³-hybridized carbons (Fsp3) is 0.600. The van der Waals surface area contributed by atoms with Crippen LogP contribution in [-0.4, -0.2) is 18.9 Å². The lowest BCUT2D eigenvalue weighted by molar-refractivity contribution is -0.148. The molecular formula is C20H28O3. The quantitative estimate of drug-likeness (QED) is 0.419. The van der Waals surface area contributed by atoms with E-state index in [-0.39, 0.29) is 11.7 Å². The second kappa shape index (κ2) is 8.28. The number of carbonyl (C=O) groups excluding carboxylic acids is 2. The summed E-state index contributed by atoms with van der Waals surface area (Å²) in [6.45, 7) is 4.49. The first-order valence-corrected chi connectivity index (χ1v) is 8.78. The molecule has 1 saturated carbocycles. The molecule has 126 valence electrons. The number of ketones is 1. The number of ether oxygens (including phenoxy) is 1. The topological polar surface area (TPSA) is 43.4 Å². The van der Waals surface area contributed by atoms with Crippen molar-refractivity contribution in [2.75, 3.05) is 7.11 Å². The summed E-state index contributed by atoms with van der Waals surface area (Å²) in [6.07, 6.45) is 6.22. The first-order chi connectivity index (χ1) is 11.1. The highest BCUT2D eigenvalue weighted by atomic mass is 16.5. The summed E-state index contributed by atoms with van der Waals surface area (Å²) < 4.78 is 4.81. The lowest BCUT2D eigenvalue weighted by Gasteiger charge is -2.18. The number of rotatable bonds is 7. The molecule has 0 aliphatic heterocycles. The van der Waals surface area contributed by atoms with Crippen molar-refractivity contribution in [1.29, 1.82) is 0 Å². The molecule has 1 aromatic carbocycles. The van der Waals surface area contributed by atoms with Crippen LogP contribution >= 0.6 is 0 Å². The predicted octanol–water partition coefficient (Wildman–Crippen LogP) is 4.61. The molecule has 0 heterocycles. The van der Waals surface area contributed by atoms with Crippen LogP contribution in [-0.2, 0) is 14.3 Å². The molecule has 0 radical (unpaired) electrons. The Morgan fingerprint density at radius 1 is 1.26 bits per heavy atom. The van der Waals surface area contributed by atoms with Gasteiger partial charge in [-0.05, 0) is 29.9 Å². The van der Waals surface area contributed by atoms with Gasteiger partial charge < -0.3 is 4.74 Å². The molecule has 1 aliphatic rings. The molecule has 0 spiro atoms. The molecule has 3 atom stereocenters. The predicted molar refractivity (Wildman–Crippen MR) is 91.5 cm³/mol. The average Bonchev–Trinajstić information content (AvgIpc) is 2.96. The van der Waals surface area contributed by atoms with Gasteiger partial charge in [0.2, 0.25) is 0 Å². The highest BCUT2D eigenvalue weighted by Crippen LogP contribution is 2.38. The third-order valence-corrected chi connectivity index (χ3v) is 5.08. The van der Waals surface area contributed by atoms with Gasteiger partial charge in [0.25, 0.3) is 0 Å². The van der Waals surface area contributed by atoms with Gasteiger partial charge in [0.05, 0.1) is 7.11 Å². The van der Waals surface area contributed by atoms with Gasteiger partial charge in [0.15, 0.2) is 0 Å². The second-order valence-electron chi connectivity index (χ2n) is 6.68. The van der Waals surface area contributed by atoms with Crippen LogP contribution in [0.1, 0.15) is 75.3 Å². The summed E-state index contributed by atoms with van der Waals surface area (Å²) in [5.74, 6) is -0.474. The molecule has 0 saturated heterocycles. The summed E-state index contributed by atoms with van der Waals surface area (Å²) in [5, 5.41) is 0. The van der Waals surface area contributed by atoms with Gasteiger partial charge in [-0.2, -0.15) is 0 Å². The number of methoxy groups -OCH3 is 1. The number of unbranched alkanes of at least 4 members (excludes halogenated alkanes) is 2. The fourth-order valence-electron chi connectivity index (χ4n) is 3.57. The van der Waals surface area contributed by atoms with Crippen molar-refractivity contribution in [3.8, 4) is 0 Å². The monoisotopic (exact) mass is 316 g/mol. The first kappa shape index (κ1) is 17.7. The van der Waals surface area contributed by atoms with E-state index in [1.54, 1.807) is 0 Å². The van der Waals surface area contributed by atoms with E-state index in [2.05, 4.69) is 38.1 Å². The number of hydrogen-bond acceptors (Lipinski definition) is 3. The number of esters is 1. The first-order valence-electron chi connectivity index (χ1n) is 8.78. The highest BCUT2D eigenvalue weighted by Gasteiger charge is 2.41. The van der Waals surface area contributed by atoms with Crippen LogP contribution in [0.4, 0.5) is 0 Å². The summed E-state index contributed by atoms with van der Waals surface area (Å²) in [6, 6.07) is 8.49. The van der Waals surface area contributed by atoms with E-state index in [4.69, 9.17) is 4.74 Å². The van der Waals surface area contributed by atoms with Gasteiger partial charge in [0.1, 0.15) is 11.7 Å². The van der Waals surface area contributed by atoms with Crippen molar-refractivity contribution in [2.45, 2.75) is 64.2 Å². The summed E-state index contributed by atoms with van der Waals surface area (Å²) in [7, 11) is 1.35. The van der Waals surface area contributed by atoms with Crippen LogP contribution in [0, 0.1) is 5.92 Å². The number of hydrogen-bond donors (Lipinski definition) is 0. The molecule has 2 rings (SSSR count). The Labute approximate surface area is 139 Å². The van der Waals surface area contributed by atoms with Crippen molar-refractivity contribution >= 4 is 11.8 Å². The molecule has 1 aliphatic carbocycles. The molecule has 3 heteroatoms. The summed E-state index contributed by atoms with van der Waals surface area (Å²) in [4.78, 5) is 23.9. The Morgan fingerprint density at radius 2 is 1.96 bits per heavy atom. The summed E-state index contributed by atoms with van der Waals surface area (Å²) >= 11 is 0. The molecule has 0 amide bonds. The average molecular weight is 316 g/mol. The fourth-order valence-corrected chi connectivity index (χ4v) is 3.57. The van der Waals surface area contributed by atoms with E-state index in [1.807, 2.05) is 0 Å². The van der Waals surface area contributed by atoms with Crippen LogP contribution in [0.25, 0.3) is 0 Å². The van der Waals surface area contributed by atoms with Gasteiger partial charge in [-0.15, -0.1) is 0 Å². The minimum atomic E-state index is -0.618. The Morgan fingerprint density at radius 3 is 2.57 bits per heavy atom. The maximum atomic E-state index is 12.0. The van der Waals surface area contributed by atoms with E-state index >= 15 is 0 Å². The maximum Gasteiger partial charge on any atom is 0.316 e. The van der Waals surface area contributed by atoms with Crippen molar-refractivity contribution in [3.63, 3.8) is 0 Å². The van der Waals surface area contributed by atoms with Crippen LogP contribution < -0.4 is 0 Å². The third-order valence-electron chi connectivity index (χ3n) is 5.08. The van der Waals surface area contributed by atoms with E-state index in [0.29, 0.717) is 12.3 Å². The second-order valence-corrected chi connectivity index (χ2v) is 6.68. The van der Waals surface area contributed by atoms with E-state index in [0.717, 1.165) is 12.0 Å². The number of Topliss-reactive ketones (excluding diaryl/α,β-unsaturated/α-hetero) is 1. The summed E-state index contributed by atoms with van der Waals surface area (Å²) in [5.41, 5.74) is 2.42. The van der Waals surface area contributed by atoms with Crippen molar-refractivity contribution in [3.05, 3.63) is 35.4 Å². The molecular weight excluding hydrogens is 288 g/mol. The van der Waals surface area contributed by atoms with Crippen molar-refractivity contribution in [2.24, 2.45) is 5.92 Å². The van der Waals surface area contributed by atoms with Crippen LogP contribution in [0.5, 0.6) is 0 Å². The van der Waals surface area contributed by atoms with Gasteiger partial charge in [-0.1, -0.05) is 57.4 Å². The van der Waals surface area contributed by atoms with Gasteiger partial charge in [-0.3, -0.25) is 9.59 Å². The van der Waals surface area contributed by atoms with Crippen molar-refractivity contribution in [1.82, 2.24) is 0 Å². The largest absolute Gasteiger partial charge is 0.468 e. The van der Waals surface area contributed by atoms with Crippen molar-refractivity contribution < 1.29 is 14.3 Å². The molecule has 1 fully saturated rings. The Kier molecular flexibility index (Phi) is 6.37. The normalized spacial score (nSPS) is 22.1. The Bertz CT molecular complexity index is 532. The molecule has 0 aromatic heterocycles. The lowest BCUT2D eigenvalue weighted by atomic mass is 9.86. The molecule has 0 bridgehead atoms. The zero-order valence-corrected chi connectivity index (χ0v) is 14.5. The minimum Gasteiger partial charge on any atom is -0.468 e. The Hall–Kier alpha value is -1.64. The van der Waals surface area contributed by atoms with E-state index in [9.17, 15) is 9.59 Å². The van der Waals surface area contributed by atoms with Crippen LogP contribution in [0.15, 0.2) is 24.3 Å². The minimum absolute atomic E-state index is 0.0128. The standard InChI is InChI=1S/C20H28O3/c1-4-5-6-7-14(2)15-8-10-16(11-9-15)17-12-13-18(21)19(17)20(22)23-3/h8-11,14,17,19H,4-7,12-13H2,1-3H3. The molecule has 1 aromatic rings. The Balaban J connectivity index is 2.06. The lowest BCUT2D eigenvalue weighted by Crippen LogP contribution is -2.25. The van der Waals surface area contributed by atoms with E-state index < -0.39 is 11.9 Å². The molecule has 3 unspecified atom stereocenters. The SMILES string of the molecule is CCCCCC(C)c1ccc(C2CCC(=O)C2C(=O)OC)cc1. The van der Waals surface area contributed by atoms with Crippen LogP contribution in [0.3, 0.4) is 0 Å². The molecule has 3 nitrogen and oxygen atoms in total. The smallest absolute Gasteiger partial charge is 0.316 e. The highest BCUT2D eigenvalue weighted by molar-refractivity contribution is 6.01. The van der Waals surface area contributed by atoms with Gasteiger partial charge >= 0.3 is 5.97 Å². The van der Waals surface area contributed by atoms with Gasteiger partial charge in [-0.25, -0.2) is 0 Å². The zero-order chi connectivity index (χ0) is 16.8. The molecule has 23 heavy (non-hydrogen) atoms.